The molecule has 0 aromatic carbocycles. The van der Waals surface area contributed by atoms with Crippen molar-refractivity contribution in [3.63, 3.8) is 0 Å². The van der Waals surface area contributed by atoms with Crippen LogP contribution in [0.5, 0.6) is 0 Å². The smallest absolute Gasteiger partial charge is 0.0487 e. The SMILES string of the molecule is OCC1(CC2CCCS2)CC1. The van der Waals surface area contributed by atoms with Gasteiger partial charge in [-0.3, -0.25) is 0 Å². The van der Waals surface area contributed by atoms with Crippen LogP contribution in [0, 0.1) is 5.41 Å². The van der Waals surface area contributed by atoms with Crippen molar-refractivity contribution in [2.45, 2.75) is 37.4 Å². The van der Waals surface area contributed by atoms with Crippen LogP contribution in [-0.4, -0.2) is 22.7 Å². The molecule has 1 N–H and O–H groups in total. The fourth-order valence-corrected chi connectivity index (χ4v) is 3.36. The van der Waals surface area contributed by atoms with Gasteiger partial charge in [-0.05, 0) is 43.3 Å². The van der Waals surface area contributed by atoms with Gasteiger partial charge in [-0.25, -0.2) is 0 Å². The Morgan fingerprint density at radius 1 is 1.45 bits per heavy atom. The quantitative estimate of drug-likeness (QED) is 0.703. The summed E-state index contributed by atoms with van der Waals surface area (Å²) in [6, 6.07) is 0. The third-order valence-electron chi connectivity index (χ3n) is 2.98. The third-order valence-corrected chi connectivity index (χ3v) is 4.38. The highest BCUT2D eigenvalue weighted by molar-refractivity contribution is 8.00. The third kappa shape index (κ3) is 1.73. The Labute approximate surface area is 72.6 Å². The summed E-state index contributed by atoms with van der Waals surface area (Å²) in [5.74, 6) is 1.35. The Balaban J connectivity index is 1.80. The van der Waals surface area contributed by atoms with Crippen LogP contribution in [0.4, 0.5) is 0 Å². The highest BCUT2D eigenvalue weighted by Crippen LogP contribution is 2.52. The lowest BCUT2D eigenvalue weighted by molar-refractivity contribution is 0.202. The molecule has 1 aliphatic heterocycles. The molecule has 2 fully saturated rings. The summed E-state index contributed by atoms with van der Waals surface area (Å²) in [6.45, 7) is 0.435. The molecule has 0 spiro atoms. The van der Waals surface area contributed by atoms with Crippen LogP contribution in [0.25, 0.3) is 0 Å². The van der Waals surface area contributed by atoms with Crippen molar-refractivity contribution in [1.29, 1.82) is 0 Å². The minimum atomic E-state index is 0.391. The first kappa shape index (κ1) is 7.93. The van der Waals surface area contributed by atoms with E-state index in [0.29, 0.717) is 12.0 Å². The van der Waals surface area contributed by atoms with E-state index in [-0.39, 0.29) is 0 Å². The molecular formula is C9H16OS. The van der Waals surface area contributed by atoms with Crippen molar-refractivity contribution >= 4 is 11.8 Å². The van der Waals surface area contributed by atoms with Gasteiger partial charge in [-0.2, -0.15) is 11.8 Å². The molecule has 1 unspecified atom stereocenters. The largest absolute Gasteiger partial charge is 0.396 e. The van der Waals surface area contributed by atoms with Gasteiger partial charge in [0, 0.05) is 11.9 Å². The minimum absolute atomic E-state index is 0.391. The molecule has 0 aromatic heterocycles. The van der Waals surface area contributed by atoms with E-state index in [0.717, 1.165) is 5.25 Å². The molecule has 1 nitrogen and oxygen atoms in total. The summed E-state index contributed by atoms with van der Waals surface area (Å²) >= 11 is 2.11. The van der Waals surface area contributed by atoms with Gasteiger partial charge in [0.1, 0.15) is 0 Å². The first-order valence-electron chi connectivity index (χ1n) is 4.57. The molecule has 2 heteroatoms. The van der Waals surface area contributed by atoms with E-state index in [2.05, 4.69) is 11.8 Å². The fraction of sp³-hybridized carbons (Fsp3) is 1.00. The fourth-order valence-electron chi connectivity index (χ4n) is 1.89. The normalized spacial score (nSPS) is 34.1. The number of hydrogen-bond donors (Lipinski definition) is 1. The summed E-state index contributed by atoms with van der Waals surface area (Å²) in [7, 11) is 0. The average molecular weight is 172 g/mol. The zero-order chi connectivity index (χ0) is 7.73. The lowest BCUT2D eigenvalue weighted by Gasteiger charge is -2.15. The Morgan fingerprint density at radius 3 is 2.73 bits per heavy atom. The van der Waals surface area contributed by atoms with Gasteiger partial charge in [0.2, 0.25) is 0 Å². The monoisotopic (exact) mass is 172 g/mol. The molecular weight excluding hydrogens is 156 g/mol. The second-order valence-electron chi connectivity index (χ2n) is 4.00. The maximum Gasteiger partial charge on any atom is 0.0487 e. The van der Waals surface area contributed by atoms with E-state index in [9.17, 15) is 0 Å². The average Bonchev–Trinajstić information content (AvgIpc) is 2.59. The second kappa shape index (κ2) is 2.98. The molecule has 1 aliphatic carbocycles. The molecule has 64 valence electrons. The number of aliphatic hydroxyl groups is 1. The summed E-state index contributed by atoms with van der Waals surface area (Å²) in [5.41, 5.74) is 0.391. The molecule has 0 amide bonds. The molecule has 11 heavy (non-hydrogen) atoms. The van der Waals surface area contributed by atoms with Crippen molar-refractivity contribution in [2.75, 3.05) is 12.4 Å². The highest BCUT2D eigenvalue weighted by atomic mass is 32.2. The molecule has 0 radical (unpaired) electrons. The zero-order valence-corrected chi connectivity index (χ0v) is 7.70. The lowest BCUT2D eigenvalue weighted by atomic mass is 9.99. The van der Waals surface area contributed by atoms with Crippen LogP contribution >= 0.6 is 11.8 Å². The van der Waals surface area contributed by atoms with E-state index in [1.807, 2.05) is 0 Å². The van der Waals surface area contributed by atoms with E-state index in [1.54, 1.807) is 0 Å². The predicted octanol–water partition coefficient (Wildman–Crippen LogP) is 2.04. The summed E-state index contributed by atoms with van der Waals surface area (Å²) in [5, 5.41) is 9.99. The predicted molar refractivity (Wildman–Crippen MR) is 48.8 cm³/mol. The first-order chi connectivity index (χ1) is 5.35. The van der Waals surface area contributed by atoms with E-state index < -0.39 is 0 Å². The van der Waals surface area contributed by atoms with E-state index in [1.165, 1.54) is 37.9 Å². The number of aliphatic hydroxyl groups excluding tert-OH is 1. The number of hydrogen-bond acceptors (Lipinski definition) is 2. The Morgan fingerprint density at radius 2 is 2.27 bits per heavy atom. The summed E-state index contributed by atoms with van der Waals surface area (Å²) in [6.07, 6.45) is 6.64. The highest BCUT2D eigenvalue weighted by Gasteiger charge is 2.43. The van der Waals surface area contributed by atoms with Crippen LogP contribution in [0.1, 0.15) is 32.1 Å². The Bertz CT molecular complexity index is 136. The van der Waals surface area contributed by atoms with Crippen LogP contribution in [0.2, 0.25) is 0 Å². The standard InChI is InChI=1S/C9H16OS/c10-7-9(3-4-9)6-8-2-1-5-11-8/h8,10H,1-7H2. The summed E-state index contributed by atoms with van der Waals surface area (Å²) in [4.78, 5) is 0. The second-order valence-corrected chi connectivity index (χ2v) is 5.41. The van der Waals surface area contributed by atoms with Crippen molar-refractivity contribution in [3.8, 4) is 0 Å². The lowest BCUT2D eigenvalue weighted by Crippen LogP contribution is -2.12. The van der Waals surface area contributed by atoms with Gasteiger partial charge < -0.3 is 5.11 Å². The van der Waals surface area contributed by atoms with E-state index in [4.69, 9.17) is 5.11 Å². The van der Waals surface area contributed by atoms with Crippen molar-refractivity contribution in [1.82, 2.24) is 0 Å². The minimum Gasteiger partial charge on any atom is -0.396 e. The molecule has 1 atom stereocenters. The van der Waals surface area contributed by atoms with Gasteiger partial charge in [-0.15, -0.1) is 0 Å². The molecule has 1 heterocycles. The van der Waals surface area contributed by atoms with Gasteiger partial charge >= 0.3 is 0 Å². The summed E-state index contributed by atoms with van der Waals surface area (Å²) < 4.78 is 0. The van der Waals surface area contributed by atoms with Crippen molar-refractivity contribution < 1.29 is 5.11 Å². The number of thioether (sulfide) groups is 1. The van der Waals surface area contributed by atoms with Crippen LogP contribution < -0.4 is 0 Å². The molecule has 0 aromatic rings. The molecule has 1 saturated heterocycles. The number of rotatable bonds is 3. The van der Waals surface area contributed by atoms with Crippen molar-refractivity contribution in [3.05, 3.63) is 0 Å². The first-order valence-corrected chi connectivity index (χ1v) is 5.62. The topological polar surface area (TPSA) is 20.2 Å². The van der Waals surface area contributed by atoms with Gasteiger partial charge in [0.15, 0.2) is 0 Å². The van der Waals surface area contributed by atoms with Gasteiger partial charge in [-0.1, -0.05) is 0 Å². The molecule has 2 aliphatic rings. The maximum atomic E-state index is 9.11. The van der Waals surface area contributed by atoms with Crippen LogP contribution in [0.15, 0.2) is 0 Å². The zero-order valence-electron chi connectivity index (χ0n) is 6.88. The molecule has 1 saturated carbocycles. The molecule has 0 bridgehead atoms. The van der Waals surface area contributed by atoms with E-state index >= 15 is 0 Å². The van der Waals surface area contributed by atoms with Gasteiger partial charge in [0.25, 0.3) is 0 Å². The van der Waals surface area contributed by atoms with Crippen LogP contribution in [-0.2, 0) is 0 Å². The van der Waals surface area contributed by atoms with Gasteiger partial charge in [0.05, 0.1) is 0 Å². The van der Waals surface area contributed by atoms with Crippen molar-refractivity contribution in [2.24, 2.45) is 5.41 Å². The Hall–Kier alpha value is 0.310. The maximum absolute atomic E-state index is 9.11. The van der Waals surface area contributed by atoms with Crippen LogP contribution in [0.3, 0.4) is 0 Å². The Kier molecular flexibility index (Phi) is 2.15. The molecule has 2 rings (SSSR count).